The Bertz CT molecular complexity index is 1320. The molecule has 5 rings (SSSR count). The zero-order valence-corrected chi connectivity index (χ0v) is 18.0. The lowest BCUT2D eigenvalue weighted by Gasteiger charge is -2.25. The molecule has 2 unspecified atom stereocenters. The van der Waals surface area contributed by atoms with Crippen molar-refractivity contribution in [2.75, 3.05) is 6.79 Å². The fourth-order valence-corrected chi connectivity index (χ4v) is 3.96. The summed E-state index contributed by atoms with van der Waals surface area (Å²) in [4.78, 5) is 17.0. The van der Waals surface area contributed by atoms with Gasteiger partial charge in [-0.3, -0.25) is 9.79 Å². The van der Waals surface area contributed by atoms with Crippen LogP contribution in [0.4, 0.5) is 5.69 Å². The highest BCUT2D eigenvalue weighted by atomic mass is 35.5. The molecule has 0 amide bonds. The maximum Gasteiger partial charge on any atom is 0.329 e. The lowest BCUT2D eigenvalue weighted by Crippen LogP contribution is -2.26. The molecule has 0 bridgehead atoms. The Kier molecular flexibility index (Phi) is 5.55. The molecule has 162 valence electrons. The summed E-state index contributed by atoms with van der Waals surface area (Å²) in [5.41, 5.74) is 3.13. The fraction of sp³-hybridized carbons (Fsp3) is 0.115. The Morgan fingerprint density at radius 3 is 2.64 bits per heavy atom. The highest BCUT2D eigenvalue weighted by Crippen LogP contribution is 2.37. The van der Waals surface area contributed by atoms with Crippen molar-refractivity contribution in [3.8, 4) is 17.6 Å². The van der Waals surface area contributed by atoms with Crippen molar-refractivity contribution in [2.24, 2.45) is 10.9 Å². The van der Waals surface area contributed by atoms with E-state index in [0.29, 0.717) is 22.1 Å². The van der Waals surface area contributed by atoms with Crippen molar-refractivity contribution < 1.29 is 19.0 Å². The Balaban J connectivity index is 1.38. The van der Waals surface area contributed by atoms with Crippen molar-refractivity contribution >= 4 is 35.2 Å². The van der Waals surface area contributed by atoms with Gasteiger partial charge in [0, 0.05) is 22.7 Å². The van der Waals surface area contributed by atoms with Gasteiger partial charge >= 0.3 is 5.97 Å². The van der Waals surface area contributed by atoms with E-state index in [1.165, 1.54) is 0 Å². The number of fused-ring (bicyclic) bond motifs is 1. The van der Waals surface area contributed by atoms with Gasteiger partial charge in [-0.2, -0.15) is 5.26 Å². The first kappa shape index (κ1) is 20.8. The Labute approximate surface area is 195 Å². The van der Waals surface area contributed by atoms with Crippen molar-refractivity contribution in [3.05, 3.63) is 94.5 Å². The molecule has 0 saturated carbocycles. The molecule has 0 spiro atoms. The maximum absolute atomic E-state index is 12.5. The van der Waals surface area contributed by atoms with Crippen molar-refractivity contribution in [3.63, 3.8) is 0 Å². The van der Waals surface area contributed by atoms with E-state index in [9.17, 15) is 10.1 Å². The zero-order chi connectivity index (χ0) is 22.8. The van der Waals surface area contributed by atoms with Gasteiger partial charge in [0.1, 0.15) is 5.76 Å². The van der Waals surface area contributed by atoms with Crippen molar-refractivity contribution in [2.45, 2.75) is 5.92 Å². The number of benzene rings is 3. The first-order valence-corrected chi connectivity index (χ1v) is 10.6. The highest BCUT2D eigenvalue weighted by Gasteiger charge is 2.35. The lowest BCUT2D eigenvalue weighted by atomic mass is 9.84. The second kappa shape index (κ2) is 8.81. The maximum atomic E-state index is 12.5. The van der Waals surface area contributed by atoms with E-state index in [2.05, 4.69) is 11.1 Å². The number of aliphatic imine (C=N–C) groups is 1. The molecule has 0 radical (unpaired) electrons. The third-order valence-corrected chi connectivity index (χ3v) is 5.67. The number of hydrogen-bond donors (Lipinski definition) is 0. The van der Waals surface area contributed by atoms with Crippen LogP contribution >= 0.6 is 11.6 Å². The summed E-state index contributed by atoms with van der Waals surface area (Å²) in [6, 6.07) is 22.1. The molecule has 3 aromatic carbocycles. The Morgan fingerprint density at radius 1 is 1.03 bits per heavy atom. The van der Waals surface area contributed by atoms with Crippen LogP contribution in [0.25, 0.3) is 5.76 Å². The minimum Gasteiger partial charge on any atom is -0.454 e. The van der Waals surface area contributed by atoms with E-state index in [1.807, 2.05) is 48.5 Å². The van der Waals surface area contributed by atoms with E-state index in [4.69, 9.17) is 25.8 Å². The molecular formula is C26H17ClN2O4. The fourth-order valence-electron chi connectivity index (χ4n) is 3.76. The van der Waals surface area contributed by atoms with Gasteiger partial charge in [-0.1, -0.05) is 23.7 Å². The molecule has 33 heavy (non-hydrogen) atoms. The second-order valence-corrected chi connectivity index (χ2v) is 7.99. The van der Waals surface area contributed by atoms with E-state index >= 15 is 0 Å². The molecule has 2 atom stereocenters. The number of nitriles is 1. The summed E-state index contributed by atoms with van der Waals surface area (Å²) in [6.07, 6.45) is 3.54. The average Bonchev–Trinajstić information content (AvgIpc) is 3.30. The molecule has 0 aliphatic carbocycles. The van der Waals surface area contributed by atoms with Crippen LogP contribution in [-0.2, 0) is 9.53 Å². The molecule has 2 heterocycles. The molecule has 0 aromatic heterocycles. The summed E-state index contributed by atoms with van der Waals surface area (Å²) in [5, 5.41) is 10.1. The number of carbonyl (C=O) groups excluding carboxylic acids is 1. The van der Waals surface area contributed by atoms with Gasteiger partial charge in [0.25, 0.3) is 0 Å². The van der Waals surface area contributed by atoms with Crippen LogP contribution in [0.15, 0.2) is 77.8 Å². The number of allylic oxidation sites excluding steroid dienone is 1. The minimum absolute atomic E-state index is 0.227. The Hall–Kier alpha value is -4.08. The molecule has 2 aliphatic heterocycles. The number of rotatable bonds is 4. The van der Waals surface area contributed by atoms with Gasteiger partial charge in [0.05, 0.1) is 11.8 Å². The average molecular weight is 457 g/mol. The third-order valence-electron chi connectivity index (χ3n) is 5.44. The van der Waals surface area contributed by atoms with E-state index in [0.717, 1.165) is 22.6 Å². The molecule has 6 nitrogen and oxygen atoms in total. The van der Waals surface area contributed by atoms with Crippen LogP contribution in [0, 0.1) is 17.2 Å². The van der Waals surface area contributed by atoms with Crippen molar-refractivity contribution in [1.29, 1.82) is 5.26 Å². The smallest absolute Gasteiger partial charge is 0.329 e. The van der Waals surface area contributed by atoms with Gasteiger partial charge in [0.15, 0.2) is 17.4 Å². The largest absolute Gasteiger partial charge is 0.454 e. The number of carbonyl (C=O) groups is 1. The van der Waals surface area contributed by atoms with Crippen LogP contribution in [0.2, 0.25) is 5.02 Å². The second-order valence-electron chi connectivity index (χ2n) is 7.56. The van der Waals surface area contributed by atoms with Gasteiger partial charge in [-0.05, 0) is 71.8 Å². The molecule has 3 aromatic rings. The van der Waals surface area contributed by atoms with Crippen LogP contribution in [0.3, 0.4) is 0 Å². The molecule has 0 N–H and O–H groups in total. The van der Waals surface area contributed by atoms with Crippen LogP contribution in [-0.4, -0.2) is 19.0 Å². The van der Waals surface area contributed by atoms with E-state index in [1.54, 1.807) is 30.5 Å². The monoisotopic (exact) mass is 456 g/mol. The van der Waals surface area contributed by atoms with Crippen molar-refractivity contribution in [1.82, 2.24) is 0 Å². The summed E-state index contributed by atoms with van der Waals surface area (Å²) in [5.74, 6) is -0.133. The molecule has 0 fully saturated rings. The van der Waals surface area contributed by atoms with Crippen LogP contribution in [0.5, 0.6) is 11.5 Å². The van der Waals surface area contributed by atoms with Gasteiger partial charge in [0.2, 0.25) is 6.79 Å². The van der Waals surface area contributed by atoms with E-state index in [-0.39, 0.29) is 6.79 Å². The first-order valence-electron chi connectivity index (χ1n) is 10.2. The molecular weight excluding hydrogens is 440 g/mol. The number of ether oxygens (including phenoxy) is 3. The van der Waals surface area contributed by atoms with Crippen LogP contribution < -0.4 is 9.47 Å². The topological polar surface area (TPSA) is 80.9 Å². The number of hydrogen-bond acceptors (Lipinski definition) is 6. The lowest BCUT2D eigenvalue weighted by molar-refractivity contribution is -0.140. The van der Waals surface area contributed by atoms with Gasteiger partial charge in [-0.25, -0.2) is 0 Å². The summed E-state index contributed by atoms with van der Waals surface area (Å²) >= 11 is 6.12. The van der Waals surface area contributed by atoms with Gasteiger partial charge in [-0.15, -0.1) is 0 Å². The first-order chi connectivity index (χ1) is 16.1. The number of esters is 1. The SMILES string of the molecule is N#CC1C(=O)OC(c2ccc(N=Cc3ccc4c(c3)OCO4)cc2)=CC1c1cccc(Cl)c1. The predicted molar refractivity (Wildman–Crippen MR) is 124 cm³/mol. The molecule has 0 saturated heterocycles. The summed E-state index contributed by atoms with van der Waals surface area (Å²) in [6.45, 7) is 0.227. The predicted octanol–water partition coefficient (Wildman–Crippen LogP) is 5.64. The summed E-state index contributed by atoms with van der Waals surface area (Å²) in [7, 11) is 0. The number of cyclic esters (lactones) is 1. The Morgan fingerprint density at radius 2 is 1.85 bits per heavy atom. The third kappa shape index (κ3) is 4.32. The van der Waals surface area contributed by atoms with E-state index < -0.39 is 17.8 Å². The van der Waals surface area contributed by atoms with Gasteiger partial charge < -0.3 is 14.2 Å². The zero-order valence-electron chi connectivity index (χ0n) is 17.3. The highest BCUT2D eigenvalue weighted by molar-refractivity contribution is 6.30. The minimum atomic E-state index is -0.933. The molecule has 2 aliphatic rings. The normalized spacial score (nSPS) is 19.2. The molecule has 7 heteroatoms. The summed E-state index contributed by atoms with van der Waals surface area (Å²) < 4.78 is 16.2. The quantitative estimate of drug-likeness (QED) is 0.375. The number of nitrogens with zero attached hydrogens (tertiary/aromatic N) is 2. The standard InChI is InChI=1S/C26H17ClN2O4/c27-19-3-1-2-18(11-19)21-12-24(33-26(30)22(21)13-28)17-5-7-20(8-6-17)29-14-16-4-9-23-25(10-16)32-15-31-23/h1-12,14,21-22H,15H2. The number of halogens is 1. The van der Waals surface area contributed by atoms with Crippen LogP contribution in [0.1, 0.15) is 22.6 Å².